The molecule has 0 bridgehead atoms. The summed E-state index contributed by atoms with van der Waals surface area (Å²) >= 11 is 0. The summed E-state index contributed by atoms with van der Waals surface area (Å²) in [7, 11) is -4.10. The Balaban J connectivity index is 4.08. The summed E-state index contributed by atoms with van der Waals surface area (Å²) in [4.78, 5) is 0. The van der Waals surface area contributed by atoms with Gasteiger partial charge in [-0.25, -0.2) is 0 Å². The highest BCUT2D eigenvalue weighted by Gasteiger charge is 2.16. The van der Waals surface area contributed by atoms with Crippen molar-refractivity contribution in [3.63, 3.8) is 0 Å². The molecule has 0 aromatic rings. The summed E-state index contributed by atoms with van der Waals surface area (Å²) < 4.78 is 33.0. The van der Waals surface area contributed by atoms with Gasteiger partial charge in [-0.15, -0.1) is 0 Å². The van der Waals surface area contributed by atoms with E-state index in [1.54, 1.807) is 0 Å². The van der Waals surface area contributed by atoms with Crippen molar-refractivity contribution in [2.75, 3.05) is 0 Å². The lowest BCUT2D eigenvalue weighted by molar-refractivity contribution is 0.239. The van der Waals surface area contributed by atoms with E-state index >= 15 is 0 Å². The van der Waals surface area contributed by atoms with Crippen LogP contribution < -0.4 is 0 Å². The van der Waals surface area contributed by atoms with Gasteiger partial charge in [0.1, 0.15) is 6.11 Å². The van der Waals surface area contributed by atoms with Crippen LogP contribution >= 0.6 is 0 Å². The van der Waals surface area contributed by atoms with Crippen molar-refractivity contribution in [2.45, 2.75) is 19.3 Å². The smallest absolute Gasteiger partial charge is 0.304 e. The summed E-state index contributed by atoms with van der Waals surface area (Å²) in [6.45, 7) is 2.69. The predicted molar refractivity (Wildman–Crippen MR) is 35.5 cm³/mol. The largest absolute Gasteiger partial charge is 0.425 e. The van der Waals surface area contributed by atoms with Gasteiger partial charge in [0.2, 0.25) is 5.44 Å². The Hall–Kier alpha value is -0.730. The molecular weight excluding hydrogens is 156 g/mol. The predicted octanol–water partition coefficient (Wildman–Crippen LogP) is 0.218. The van der Waals surface area contributed by atoms with Crippen molar-refractivity contribution in [1.82, 2.24) is 0 Å². The zero-order valence-electron chi connectivity index (χ0n) is 5.66. The molecule has 1 N–H and O–H groups in total. The van der Waals surface area contributed by atoms with Crippen LogP contribution in [-0.4, -0.2) is 18.4 Å². The van der Waals surface area contributed by atoms with Gasteiger partial charge in [0.15, 0.2) is 0 Å². The molecule has 0 spiro atoms. The molecule has 1 unspecified atom stereocenters. The highest BCUT2D eigenvalue weighted by molar-refractivity contribution is 7.86. The maximum Gasteiger partial charge on any atom is 0.304 e. The molecule has 10 heavy (non-hydrogen) atoms. The molecule has 0 aliphatic heterocycles. The molecule has 0 heterocycles. The molecule has 1 atom stereocenters. The molecule has 0 aromatic heterocycles. The molecule has 58 valence electrons. The first kappa shape index (κ1) is 9.27. The van der Waals surface area contributed by atoms with E-state index in [1.807, 2.05) is 0 Å². The third kappa shape index (κ3) is 3.33. The molecule has 0 aliphatic carbocycles. The molecular formula is C5H8O4S. The van der Waals surface area contributed by atoms with Crippen LogP contribution in [0.15, 0.2) is 0 Å². The van der Waals surface area contributed by atoms with Crippen LogP contribution in [0.4, 0.5) is 0 Å². The van der Waals surface area contributed by atoms with Crippen molar-refractivity contribution in [3.8, 4) is 12.0 Å². The number of hydrogen-bond acceptors (Lipinski definition) is 3. The van der Waals surface area contributed by atoms with E-state index in [0.29, 0.717) is 0 Å². The van der Waals surface area contributed by atoms with Gasteiger partial charge < -0.3 is 4.74 Å². The lowest BCUT2D eigenvalue weighted by Gasteiger charge is -2.02. The van der Waals surface area contributed by atoms with Gasteiger partial charge in [-0.05, 0) is 6.92 Å². The lowest BCUT2D eigenvalue weighted by atomic mass is 10.8. The zero-order valence-corrected chi connectivity index (χ0v) is 6.47. The summed E-state index contributed by atoms with van der Waals surface area (Å²) in [6.07, 6.45) is 2.07. The van der Waals surface area contributed by atoms with Crippen LogP contribution in [0.5, 0.6) is 0 Å². The summed E-state index contributed by atoms with van der Waals surface area (Å²) in [5, 5.41) is 0. The van der Waals surface area contributed by atoms with Gasteiger partial charge in [-0.1, -0.05) is 5.92 Å². The Bertz CT molecular complexity index is 243. The van der Waals surface area contributed by atoms with Crippen LogP contribution in [0.1, 0.15) is 13.8 Å². The SMILES string of the molecule is CC#COC(C)S(=O)(=O)O. The van der Waals surface area contributed by atoms with E-state index in [0.717, 1.165) is 0 Å². The Morgan fingerprint density at radius 3 is 2.40 bits per heavy atom. The average Bonchev–Trinajstić information content (AvgIpc) is 1.80. The molecule has 0 radical (unpaired) electrons. The molecule has 5 heteroatoms. The zero-order chi connectivity index (χ0) is 8.20. The summed E-state index contributed by atoms with van der Waals surface area (Å²) in [5.74, 6) is 2.32. The summed E-state index contributed by atoms with van der Waals surface area (Å²) in [6, 6.07) is 0. The fourth-order valence-corrected chi connectivity index (χ4v) is 0.372. The minimum absolute atomic E-state index is 1.19. The Labute approximate surface area is 59.9 Å². The molecule has 0 saturated carbocycles. The maximum atomic E-state index is 10.2. The third-order valence-corrected chi connectivity index (χ3v) is 1.68. The molecule has 0 aliphatic rings. The molecule has 4 nitrogen and oxygen atoms in total. The van der Waals surface area contributed by atoms with Crippen LogP contribution in [0.2, 0.25) is 0 Å². The van der Waals surface area contributed by atoms with Crippen molar-refractivity contribution in [2.24, 2.45) is 0 Å². The topological polar surface area (TPSA) is 63.6 Å². The van der Waals surface area contributed by atoms with Crippen molar-refractivity contribution in [3.05, 3.63) is 0 Å². The summed E-state index contributed by atoms with van der Waals surface area (Å²) in [5.41, 5.74) is -1.28. The number of rotatable bonds is 2. The minimum Gasteiger partial charge on any atom is -0.425 e. The second kappa shape index (κ2) is 3.44. The van der Waals surface area contributed by atoms with Gasteiger partial charge in [0, 0.05) is 6.92 Å². The van der Waals surface area contributed by atoms with Crippen LogP contribution in [0.3, 0.4) is 0 Å². The van der Waals surface area contributed by atoms with Crippen LogP contribution in [-0.2, 0) is 14.9 Å². The van der Waals surface area contributed by atoms with Crippen molar-refractivity contribution in [1.29, 1.82) is 0 Å². The number of hydrogen-bond donors (Lipinski definition) is 1. The monoisotopic (exact) mass is 164 g/mol. The number of ether oxygens (including phenoxy) is 1. The van der Waals surface area contributed by atoms with Crippen LogP contribution in [0, 0.1) is 12.0 Å². The maximum absolute atomic E-state index is 10.2. The molecule has 0 fully saturated rings. The van der Waals surface area contributed by atoms with E-state index in [9.17, 15) is 8.42 Å². The van der Waals surface area contributed by atoms with E-state index in [4.69, 9.17) is 4.55 Å². The lowest BCUT2D eigenvalue weighted by Crippen LogP contribution is -2.17. The first-order valence-electron chi connectivity index (χ1n) is 2.52. The Kier molecular flexibility index (Phi) is 3.19. The minimum atomic E-state index is -4.10. The highest BCUT2D eigenvalue weighted by atomic mass is 32.2. The highest BCUT2D eigenvalue weighted by Crippen LogP contribution is 1.96. The molecule has 0 rings (SSSR count). The van der Waals surface area contributed by atoms with Crippen molar-refractivity contribution >= 4 is 10.1 Å². The Morgan fingerprint density at radius 2 is 2.10 bits per heavy atom. The van der Waals surface area contributed by atoms with Gasteiger partial charge in [-0.2, -0.15) is 8.42 Å². The van der Waals surface area contributed by atoms with Gasteiger partial charge in [-0.3, -0.25) is 4.55 Å². The van der Waals surface area contributed by atoms with E-state index in [1.165, 1.54) is 13.8 Å². The quantitative estimate of drug-likeness (QED) is 0.468. The van der Waals surface area contributed by atoms with Crippen molar-refractivity contribution < 1.29 is 17.7 Å². The van der Waals surface area contributed by atoms with Gasteiger partial charge in [0.25, 0.3) is 0 Å². The molecule has 0 aromatic carbocycles. The van der Waals surface area contributed by atoms with Crippen LogP contribution in [0.25, 0.3) is 0 Å². The normalized spacial score (nSPS) is 13.1. The van der Waals surface area contributed by atoms with E-state index in [2.05, 4.69) is 16.8 Å². The molecule has 0 saturated heterocycles. The van der Waals surface area contributed by atoms with E-state index in [-0.39, 0.29) is 0 Å². The van der Waals surface area contributed by atoms with Gasteiger partial charge in [0.05, 0.1) is 0 Å². The third-order valence-electron chi connectivity index (χ3n) is 0.746. The standard InChI is InChI=1S/C5H8O4S/c1-3-4-9-5(2)10(6,7)8/h5H,1-2H3,(H,6,7,8). The second-order valence-corrected chi connectivity index (χ2v) is 3.25. The Morgan fingerprint density at radius 1 is 1.60 bits per heavy atom. The fourth-order valence-electron chi connectivity index (χ4n) is 0.203. The fraction of sp³-hybridized carbons (Fsp3) is 0.600. The average molecular weight is 164 g/mol. The first-order valence-corrected chi connectivity index (χ1v) is 4.02. The second-order valence-electron chi connectivity index (χ2n) is 1.55. The van der Waals surface area contributed by atoms with Gasteiger partial charge >= 0.3 is 10.1 Å². The first-order chi connectivity index (χ1) is 4.48. The van der Waals surface area contributed by atoms with E-state index < -0.39 is 15.6 Å². The molecule has 0 amide bonds.